The third kappa shape index (κ3) is 1.73. The normalized spacial score (nSPS) is 29.9. The van der Waals surface area contributed by atoms with Crippen molar-refractivity contribution in [2.24, 2.45) is 0 Å². The number of rotatable bonds is 2. The quantitative estimate of drug-likeness (QED) is 0.737. The van der Waals surface area contributed by atoms with Crippen molar-refractivity contribution in [2.45, 2.75) is 25.1 Å². The first-order valence-electron chi connectivity index (χ1n) is 5.51. The Balaban J connectivity index is 1.68. The third-order valence-electron chi connectivity index (χ3n) is 3.38. The van der Waals surface area contributed by atoms with E-state index in [4.69, 9.17) is 10.5 Å². The van der Waals surface area contributed by atoms with Crippen LogP contribution in [0.5, 0.6) is 0 Å². The summed E-state index contributed by atoms with van der Waals surface area (Å²) in [6.45, 7) is 3.04. The number of anilines is 1. The molecule has 2 saturated heterocycles. The van der Waals surface area contributed by atoms with Crippen molar-refractivity contribution in [3.05, 3.63) is 29.8 Å². The van der Waals surface area contributed by atoms with Crippen LogP contribution in [0.25, 0.3) is 0 Å². The van der Waals surface area contributed by atoms with E-state index in [9.17, 15) is 0 Å². The van der Waals surface area contributed by atoms with Gasteiger partial charge in [0.2, 0.25) is 0 Å². The molecule has 2 aliphatic heterocycles. The minimum atomic E-state index is 0.490. The molecule has 0 spiro atoms. The zero-order chi connectivity index (χ0) is 10.3. The number of ether oxygens (including phenoxy) is 1. The molecule has 0 saturated carbocycles. The summed E-state index contributed by atoms with van der Waals surface area (Å²) < 4.78 is 5.58. The summed E-state index contributed by atoms with van der Waals surface area (Å²) in [5.41, 5.74) is 7.84. The van der Waals surface area contributed by atoms with Gasteiger partial charge in [0.1, 0.15) is 0 Å². The Bertz CT molecular complexity index is 349. The van der Waals surface area contributed by atoms with E-state index in [1.165, 1.54) is 12.0 Å². The van der Waals surface area contributed by atoms with E-state index in [0.29, 0.717) is 12.1 Å². The Labute approximate surface area is 89.8 Å². The number of hydrogen-bond donors (Lipinski definition) is 1. The molecule has 1 unspecified atom stereocenters. The van der Waals surface area contributed by atoms with Crippen LogP contribution in [-0.2, 0) is 11.3 Å². The van der Waals surface area contributed by atoms with E-state index in [-0.39, 0.29) is 0 Å². The Morgan fingerprint density at radius 3 is 2.73 bits per heavy atom. The van der Waals surface area contributed by atoms with Crippen LogP contribution >= 0.6 is 0 Å². The van der Waals surface area contributed by atoms with Crippen molar-refractivity contribution in [2.75, 3.05) is 18.9 Å². The number of likely N-dealkylation sites (tertiary alicyclic amines) is 1. The van der Waals surface area contributed by atoms with Gasteiger partial charge in [-0.3, -0.25) is 4.90 Å². The fourth-order valence-corrected chi connectivity index (χ4v) is 2.53. The Morgan fingerprint density at radius 1 is 1.33 bits per heavy atom. The van der Waals surface area contributed by atoms with Crippen molar-refractivity contribution in [1.29, 1.82) is 0 Å². The lowest BCUT2D eigenvalue weighted by molar-refractivity contribution is 0.0273. The average molecular weight is 204 g/mol. The molecule has 2 heterocycles. The SMILES string of the molecule is Nc1ccc(CN2CC3C[C@H]2CO3)cc1. The Kier molecular flexibility index (Phi) is 2.15. The van der Waals surface area contributed by atoms with Gasteiger partial charge in [-0.05, 0) is 24.1 Å². The van der Waals surface area contributed by atoms with Gasteiger partial charge in [-0.15, -0.1) is 0 Å². The highest BCUT2D eigenvalue weighted by Gasteiger charge is 2.38. The van der Waals surface area contributed by atoms with Crippen LogP contribution in [0.4, 0.5) is 5.69 Å². The van der Waals surface area contributed by atoms with Crippen LogP contribution < -0.4 is 5.73 Å². The molecule has 2 atom stereocenters. The topological polar surface area (TPSA) is 38.5 Å². The van der Waals surface area contributed by atoms with Crippen LogP contribution in [0.15, 0.2) is 24.3 Å². The molecule has 3 rings (SSSR count). The number of hydrogen-bond acceptors (Lipinski definition) is 3. The lowest BCUT2D eigenvalue weighted by Crippen LogP contribution is -2.36. The van der Waals surface area contributed by atoms with Gasteiger partial charge in [0, 0.05) is 24.8 Å². The second-order valence-corrected chi connectivity index (χ2v) is 4.52. The molecule has 2 aliphatic rings. The summed E-state index contributed by atoms with van der Waals surface area (Å²) in [6.07, 6.45) is 1.71. The standard InChI is InChI=1S/C12H16N2O/c13-10-3-1-9(2-4-10)6-14-7-12-5-11(14)8-15-12/h1-4,11-12H,5-8,13H2/t11-,12?/m0/s1. The summed E-state index contributed by atoms with van der Waals surface area (Å²) in [5.74, 6) is 0. The van der Waals surface area contributed by atoms with Gasteiger partial charge in [0.25, 0.3) is 0 Å². The second kappa shape index (κ2) is 3.51. The van der Waals surface area contributed by atoms with Crippen LogP contribution in [0.2, 0.25) is 0 Å². The third-order valence-corrected chi connectivity index (χ3v) is 3.38. The summed E-state index contributed by atoms with van der Waals surface area (Å²) in [6, 6.07) is 8.82. The Morgan fingerprint density at radius 2 is 2.13 bits per heavy atom. The van der Waals surface area contributed by atoms with Gasteiger partial charge in [-0.1, -0.05) is 12.1 Å². The van der Waals surface area contributed by atoms with Crippen LogP contribution in [-0.4, -0.2) is 30.2 Å². The van der Waals surface area contributed by atoms with Gasteiger partial charge in [0.05, 0.1) is 12.7 Å². The van der Waals surface area contributed by atoms with E-state index in [0.717, 1.165) is 25.4 Å². The molecule has 0 aliphatic carbocycles. The van der Waals surface area contributed by atoms with E-state index in [1.807, 2.05) is 12.1 Å². The molecule has 2 fully saturated rings. The van der Waals surface area contributed by atoms with E-state index in [1.54, 1.807) is 0 Å². The molecule has 0 aromatic heterocycles. The fraction of sp³-hybridized carbons (Fsp3) is 0.500. The molecule has 0 amide bonds. The summed E-state index contributed by atoms with van der Waals surface area (Å²) in [5, 5.41) is 0. The van der Waals surface area contributed by atoms with Crippen LogP contribution in [0.3, 0.4) is 0 Å². The highest BCUT2D eigenvalue weighted by Crippen LogP contribution is 2.29. The predicted octanol–water partition coefficient (Wildman–Crippen LogP) is 1.24. The molecule has 1 aromatic rings. The smallest absolute Gasteiger partial charge is 0.0718 e. The summed E-state index contributed by atoms with van der Waals surface area (Å²) in [4.78, 5) is 2.51. The van der Waals surface area contributed by atoms with E-state index < -0.39 is 0 Å². The van der Waals surface area contributed by atoms with Crippen LogP contribution in [0.1, 0.15) is 12.0 Å². The first kappa shape index (κ1) is 9.19. The molecule has 15 heavy (non-hydrogen) atoms. The number of nitrogens with zero attached hydrogens (tertiary/aromatic N) is 1. The first-order valence-corrected chi connectivity index (χ1v) is 5.51. The second-order valence-electron chi connectivity index (χ2n) is 4.52. The lowest BCUT2D eigenvalue weighted by Gasteiger charge is -2.26. The summed E-state index contributed by atoms with van der Waals surface area (Å²) >= 11 is 0. The van der Waals surface area contributed by atoms with E-state index >= 15 is 0 Å². The van der Waals surface area contributed by atoms with Gasteiger partial charge in [-0.2, -0.15) is 0 Å². The van der Waals surface area contributed by atoms with Crippen molar-refractivity contribution in [3.8, 4) is 0 Å². The average Bonchev–Trinajstić information content (AvgIpc) is 2.83. The minimum Gasteiger partial charge on any atom is -0.399 e. The minimum absolute atomic E-state index is 0.490. The fourth-order valence-electron chi connectivity index (χ4n) is 2.53. The van der Waals surface area contributed by atoms with Crippen molar-refractivity contribution in [1.82, 2.24) is 4.90 Å². The van der Waals surface area contributed by atoms with Gasteiger partial charge >= 0.3 is 0 Å². The molecule has 2 bridgehead atoms. The zero-order valence-corrected chi connectivity index (χ0v) is 8.73. The summed E-state index contributed by atoms with van der Waals surface area (Å²) in [7, 11) is 0. The largest absolute Gasteiger partial charge is 0.399 e. The van der Waals surface area contributed by atoms with Gasteiger partial charge in [0.15, 0.2) is 0 Å². The van der Waals surface area contributed by atoms with Crippen molar-refractivity contribution in [3.63, 3.8) is 0 Å². The predicted molar refractivity (Wildman–Crippen MR) is 59.4 cm³/mol. The van der Waals surface area contributed by atoms with Crippen molar-refractivity contribution < 1.29 is 4.74 Å². The number of morpholine rings is 1. The molecule has 0 radical (unpaired) electrons. The number of fused-ring (bicyclic) bond motifs is 2. The van der Waals surface area contributed by atoms with Crippen LogP contribution in [0, 0.1) is 0 Å². The maximum absolute atomic E-state index is 5.66. The highest BCUT2D eigenvalue weighted by molar-refractivity contribution is 5.39. The monoisotopic (exact) mass is 204 g/mol. The molecule has 1 aromatic carbocycles. The Hall–Kier alpha value is -1.06. The lowest BCUT2D eigenvalue weighted by atomic mass is 10.2. The molecule has 80 valence electrons. The molecular formula is C12H16N2O. The number of nitrogen functional groups attached to an aromatic ring is 1. The molecule has 2 N–H and O–H groups in total. The van der Waals surface area contributed by atoms with E-state index in [2.05, 4.69) is 17.0 Å². The van der Waals surface area contributed by atoms with Gasteiger partial charge in [-0.25, -0.2) is 0 Å². The zero-order valence-electron chi connectivity index (χ0n) is 8.73. The van der Waals surface area contributed by atoms with Gasteiger partial charge < -0.3 is 10.5 Å². The van der Waals surface area contributed by atoms with Crippen molar-refractivity contribution >= 4 is 5.69 Å². The molecule has 3 heteroatoms. The highest BCUT2D eigenvalue weighted by atomic mass is 16.5. The molecular weight excluding hydrogens is 188 g/mol. The molecule has 3 nitrogen and oxygen atoms in total. The maximum Gasteiger partial charge on any atom is 0.0718 e. The maximum atomic E-state index is 5.66. The number of benzene rings is 1. The number of nitrogens with two attached hydrogens (primary N) is 1. The first-order chi connectivity index (χ1) is 7.31.